The Morgan fingerprint density at radius 2 is 2.12 bits per heavy atom. The van der Waals surface area contributed by atoms with E-state index in [4.69, 9.17) is 0 Å². The van der Waals surface area contributed by atoms with E-state index in [-0.39, 0.29) is 0 Å². The fraction of sp³-hybridized carbons (Fsp3) is 0.167. The van der Waals surface area contributed by atoms with Crippen molar-refractivity contribution in [3.05, 3.63) is 53.9 Å². The Labute approximate surface area is 93.4 Å². The van der Waals surface area contributed by atoms with Crippen LogP contribution in [-0.2, 0) is 6.54 Å². The highest BCUT2D eigenvalue weighted by atomic mass is 19.1. The van der Waals surface area contributed by atoms with E-state index in [9.17, 15) is 4.39 Å². The molecule has 2 aromatic heterocycles. The fourth-order valence-electron chi connectivity index (χ4n) is 1.36. The lowest BCUT2D eigenvalue weighted by Gasteiger charge is -2.07. The molecule has 0 bridgehead atoms. The molecule has 0 aliphatic rings. The number of anilines is 1. The van der Waals surface area contributed by atoms with E-state index in [1.54, 1.807) is 12.3 Å². The molecule has 16 heavy (non-hydrogen) atoms. The second kappa shape index (κ2) is 4.70. The molecule has 0 amide bonds. The molecular weight excluding hydrogens is 205 g/mol. The first-order valence-electron chi connectivity index (χ1n) is 5.00. The van der Waals surface area contributed by atoms with Gasteiger partial charge >= 0.3 is 0 Å². The zero-order chi connectivity index (χ0) is 11.4. The van der Waals surface area contributed by atoms with E-state index >= 15 is 0 Å². The summed E-state index contributed by atoms with van der Waals surface area (Å²) in [6, 6.07) is 4.95. The summed E-state index contributed by atoms with van der Waals surface area (Å²) < 4.78 is 12.6. The molecule has 0 radical (unpaired) electrons. The maximum absolute atomic E-state index is 12.6. The summed E-state index contributed by atoms with van der Waals surface area (Å²) in [5, 5.41) is 3.16. The summed E-state index contributed by atoms with van der Waals surface area (Å²) in [6.07, 6.45) is 5.05. The number of hydrogen-bond acceptors (Lipinski definition) is 3. The fourth-order valence-corrected chi connectivity index (χ4v) is 1.36. The quantitative estimate of drug-likeness (QED) is 0.803. The highest BCUT2D eigenvalue weighted by Gasteiger charge is 1.98. The number of nitrogens with zero attached hydrogens (tertiary/aromatic N) is 2. The molecule has 0 aliphatic heterocycles. The standard InChI is InChI=1S/C12H12FN3/c1-9-4-5-14-6-10(9)7-15-11-2-3-12(13)16-8-11/h2-6,8,15H,7H2,1H3. The van der Waals surface area contributed by atoms with Crippen LogP contribution in [0.1, 0.15) is 11.1 Å². The molecule has 0 aromatic carbocycles. The van der Waals surface area contributed by atoms with Crippen molar-refractivity contribution in [3.8, 4) is 0 Å². The first-order valence-corrected chi connectivity index (χ1v) is 5.00. The van der Waals surface area contributed by atoms with Crippen LogP contribution < -0.4 is 5.32 Å². The Morgan fingerprint density at radius 3 is 2.81 bits per heavy atom. The lowest BCUT2D eigenvalue weighted by atomic mass is 10.1. The van der Waals surface area contributed by atoms with Crippen LogP contribution in [0.4, 0.5) is 10.1 Å². The molecule has 82 valence electrons. The number of pyridine rings is 2. The number of aromatic nitrogens is 2. The van der Waals surface area contributed by atoms with Crippen LogP contribution in [0.5, 0.6) is 0 Å². The average molecular weight is 217 g/mol. The number of halogens is 1. The van der Waals surface area contributed by atoms with E-state index in [0.717, 1.165) is 11.3 Å². The van der Waals surface area contributed by atoms with Gasteiger partial charge in [-0.3, -0.25) is 4.98 Å². The second-order valence-electron chi connectivity index (χ2n) is 3.53. The average Bonchev–Trinajstić information content (AvgIpc) is 2.30. The summed E-state index contributed by atoms with van der Waals surface area (Å²) in [6.45, 7) is 2.69. The number of aryl methyl sites for hydroxylation is 1. The molecule has 0 unspecified atom stereocenters. The summed E-state index contributed by atoms with van der Waals surface area (Å²) in [5.74, 6) is -0.469. The van der Waals surface area contributed by atoms with Crippen LogP contribution in [0.3, 0.4) is 0 Å². The van der Waals surface area contributed by atoms with Gasteiger partial charge in [-0.2, -0.15) is 4.39 Å². The Kier molecular flexibility index (Phi) is 3.10. The van der Waals surface area contributed by atoms with E-state index < -0.39 is 5.95 Å². The summed E-state index contributed by atoms with van der Waals surface area (Å²) in [7, 11) is 0. The molecule has 2 aromatic rings. The first-order chi connectivity index (χ1) is 7.75. The van der Waals surface area contributed by atoms with Gasteiger partial charge in [0.25, 0.3) is 0 Å². The van der Waals surface area contributed by atoms with Crippen LogP contribution in [0.15, 0.2) is 36.8 Å². The van der Waals surface area contributed by atoms with Gasteiger partial charge in [-0.25, -0.2) is 4.98 Å². The molecule has 1 N–H and O–H groups in total. The molecule has 0 saturated carbocycles. The predicted octanol–water partition coefficient (Wildman–Crippen LogP) is 2.54. The van der Waals surface area contributed by atoms with Gasteiger partial charge in [-0.05, 0) is 36.2 Å². The summed E-state index contributed by atoms with van der Waals surface area (Å²) >= 11 is 0. The molecule has 0 spiro atoms. The van der Waals surface area contributed by atoms with E-state index in [0.29, 0.717) is 6.54 Å². The third-order valence-electron chi connectivity index (χ3n) is 2.36. The zero-order valence-electron chi connectivity index (χ0n) is 8.94. The lowest BCUT2D eigenvalue weighted by molar-refractivity contribution is 0.584. The molecule has 2 heterocycles. The third-order valence-corrected chi connectivity index (χ3v) is 2.36. The third kappa shape index (κ3) is 2.53. The van der Waals surface area contributed by atoms with Crippen molar-refractivity contribution in [3.63, 3.8) is 0 Å². The van der Waals surface area contributed by atoms with Crippen LogP contribution in [0.25, 0.3) is 0 Å². The van der Waals surface area contributed by atoms with Crippen LogP contribution in [0.2, 0.25) is 0 Å². The van der Waals surface area contributed by atoms with Crippen LogP contribution in [-0.4, -0.2) is 9.97 Å². The van der Waals surface area contributed by atoms with Gasteiger partial charge in [0.15, 0.2) is 0 Å². The summed E-state index contributed by atoms with van der Waals surface area (Å²) in [5.41, 5.74) is 3.09. The van der Waals surface area contributed by atoms with Gasteiger partial charge in [0.05, 0.1) is 11.9 Å². The smallest absolute Gasteiger partial charge is 0.212 e. The Hall–Kier alpha value is -1.97. The van der Waals surface area contributed by atoms with Gasteiger partial charge in [0, 0.05) is 18.9 Å². The monoisotopic (exact) mass is 217 g/mol. The largest absolute Gasteiger partial charge is 0.380 e. The van der Waals surface area contributed by atoms with Gasteiger partial charge < -0.3 is 5.32 Å². The second-order valence-corrected chi connectivity index (χ2v) is 3.53. The van der Waals surface area contributed by atoms with Gasteiger partial charge in [0.2, 0.25) is 5.95 Å². The van der Waals surface area contributed by atoms with Crippen molar-refractivity contribution in [2.24, 2.45) is 0 Å². The predicted molar refractivity (Wildman–Crippen MR) is 60.5 cm³/mol. The van der Waals surface area contributed by atoms with Crippen molar-refractivity contribution in [2.75, 3.05) is 5.32 Å². The summed E-state index contributed by atoms with van der Waals surface area (Å²) in [4.78, 5) is 7.63. The molecule has 2 rings (SSSR count). The minimum Gasteiger partial charge on any atom is -0.380 e. The van der Waals surface area contributed by atoms with Gasteiger partial charge in [-0.1, -0.05) is 0 Å². The van der Waals surface area contributed by atoms with Crippen molar-refractivity contribution in [1.29, 1.82) is 0 Å². The molecule has 0 atom stereocenters. The lowest BCUT2D eigenvalue weighted by Crippen LogP contribution is -2.02. The Bertz CT molecular complexity index is 468. The van der Waals surface area contributed by atoms with Crippen molar-refractivity contribution < 1.29 is 4.39 Å². The Morgan fingerprint density at radius 1 is 1.25 bits per heavy atom. The van der Waals surface area contributed by atoms with Crippen molar-refractivity contribution >= 4 is 5.69 Å². The highest BCUT2D eigenvalue weighted by Crippen LogP contribution is 2.10. The van der Waals surface area contributed by atoms with Crippen LogP contribution >= 0.6 is 0 Å². The minimum atomic E-state index is -0.469. The molecule has 0 aliphatic carbocycles. The maximum atomic E-state index is 12.6. The number of nitrogens with one attached hydrogen (secondary N) is 1. The maximum Gasteiger partial charge on any atom is 0.212 e. The highest BCUT2D eigenvalue weighted by molar-refractivity contribution is 5.41. The molecular formula is C12H12FN3. The number of hydrogen-bond donors (Lipinski definition) is 1. The van der Waals surface area contributed by atoms with E-state index in [2.05, 4.69) is 15.3 Å². The Balaban J connectivity index is 2.02. The SMILES string of the molecule is Cc1ccncc1CNc1ccc(F)nc1. The van der Waals surface area contributed by atoms with E-state index in [1.165, 1.54) is 17.8 Å². The minimum absolute atomic E-state index is 0.469. The zero-order valence-corrected chi connectivity index (χ0v) is 8.94. The van der Waals surface area contributed by atoms with Crippen molar-refractivity contribution in [2.45, 2.75) is 13.5 Å². The molecule has 4 heteroatoms. The first kappa shape index (κ1) is 10.5. The van der Waals surface area contributed by atoms with Gasteiger partial charge in [0.1, 0.15) is 0 Å². The molecule has 0 fully saturated rings. The van der Waals surface area contributed by atoms with E-state index in [1.807, 2.05) is 19.2 Å². The topological polar surface area (TPSA) is 37.8 Å². The molecule has 0 saturated heterocycles. The molecule has 3 nitrogen and oxygen atoms in total. The van der Waals surface area contributed by atoms with Crippen LogP contribution in [0, 0.1) is 12.9 Å². The normalized spacial score (nSPS) is 10.1. The van der Waals surface area contributed by atoms with Gasteiger partial charge in [-0.15, -0.1) is 0 Å². The van der Waals surface area contributed by atoms with Crippen molar-refractivity contribution in [1.82, 2.24) is 9.97 Å². The number of rotatable bonds is 3.